The van der Waals surface area contributed by atoms with E-state index in [1.807, 2.05) is 42.5 Å². The van der Waals surface area contributed by atoms with Crippen LogP contribution in [-0.2, 0) is 6.42 Å². The van der Waals surface area contributed by atoms with E-state index < -0.39 is 0 Å². The number of rotatable bonds is 5. The van der Waals surface area contributed by atoms with Crippen molar-refractivity contribution in [2.75, 3.05) is 11.9 Å². The largest absolute Gasteiger partial charge is 0.354 e. The molecule has 1 aromatic carbocycles. The summed E-state index contributed by atoms with van der Waals surface area (Å²) in [6.45, 7) is 0.664. The summed E-state index contributed by atoms with van der Waals surface area (Å²) >= 11 is 0. The summed E-state index contributed by atoms with van der Waals surface area (Å²) in [5, 5.41) is 11.4. The van der Waals surface area contributed by atoms with E-state index in [1.54, 1.807) is 23.2 Å². The highest BCUT2D eigenvalue weighted by atomic mass is 16.1. The number of nitrogens with zero attached hydrogens (tertiary/aromatic N) is 5. The molecular weight excluding hydrogens is 366 g/mol. The molecule has 0 bridgehead atoms. The number of benzene rings is 1. The Morgan fingerprint density at radius 1 is 1.00 bits per heavy atom. The lowest BCUT2D eigenvalue weighted by Crippen LogP contribution is -2.20. The molecule has 0 atom stereocenters. The van der Waals surface area contributed by atoms with Crippen LogP contribution in [0.25, 0.3) is 27.6 Å². The van der Waals surface area contributed by atoms with Gasteiger partial charge < -0.3 is 5.32 Å². The number of pyridine rings is 2. The van der Waals surface area contributed by atoms with Crippen LogP contribution in [0.5, 0.6) is 0 Å². The second kappa shape index (κ2) is 7.16. The summed E-state index contributed by atoms with van der Waals surface area (Å²) in [6, 6.07) is 13.4. The fraction of sp³-hybridized carbons (Fsp3) is 0.0952. The first kappa shape index (κ1) is 17.1. The van der Waals surface area contributed by atoms with Crippen LogP contribution < -0.4 is 10.9 Å². The number of aromatic nitrogens is 6. The zero-order valence-corrected chi connectivity index (χ0v) is 15.4. The molecule has 4 heterocycles. The van der Waals surface area contributed by atoms with Crippen LogP contribution in [0.3, 0.4) is 0 Å². The predicted octanol–water partition coefficient (Wildman–Crippen LogP) is 2.71. The highest BCUT2D eigenvalue weighted by Crippen LogP contribution is 2.22. The monoisotopic (exact) mass is 383 g/mol. The molecule has 5 rings (SSSR count). The lowest BCUT2D eigenvalue weighted by molar-refractivity contribution is 0.970. The standard InChI is InChI=1S/C21H17N7O/c29-20-17-13-25-27-18(17)16-12-24-21(23-11-8-14-6-9-22-10-7-14)26-19(16)28(20)15-4-2-1-3-5-15/h1-7,9-10,12-13H,8,11H2,(H,25,27)(H,23,24,26). The van der Waals surface area contributed by atoms with Gasteiger partial charge in [0.05, 0.1) is 28.2 Å². The lowest BCUT2D eigenvalue weighted by Gasteiger charge is -2.12. The first-order valence-corrected chi connectivity index (χ1v) is 9.24. The van der Waals surface area contributed by atoms with Crippen molar-refractivity contribution in [1.82, 2.24) is 29.7 Å². The molecule has 0 aliphatic rings. The number of hydrogen-bond donors (Lipinski definition) is 2. The van der Waals surface area contributed by atoms with Gasteiger partial charge >= 0.3 is 0 Å². The van der Waals surface area contributed by atoms with Crippen LogP contribution in [0.4, 0.5) is 5.95 Å². The minimum atomic E-state index is -0.172. The average molecular weight is 383 g/mol. The summed E-state index contributed by atoms with van der Waals surface area (Å²) in [4.78, 5) is 26.2. The SMILES string of the molecule is O=c1c2cn[nH]c2c2cnc(NCCc3ccncc3)nc2n1-c1ccccc1. The van der Waals surface area contributed by atoms with Gasteiger partial charge in [0.15, 0.2) is 5.65 Å². The van der Waals surface area contributed by atoms with Gasteiger partial charge in [-0.2, -0.15) is 10.1 Å². The molecule has 8 nitrogen and oxygen atoms in total. The van der Waals surface area contributed by atoms with Crippen molar-refractivity contribution in [1.29, 1.82) is 0 Å². The second-order valence-corrected chi connectivity index (χ2v) is 6.60. The highest BCUT2D eigenvalue weighted by Gasteiger charge is 2.16. The van der Waals surface area contributed by atoms with E-state index in [1.165, 1.54) is 11.8 Å². The molecule has 2 N–H and O–H groups in total. The van der Waals surface area contributed by atoms with E-state index in [0.29, 0.717) is 29.0 Å². The Labute approximate surface area is 165 Å². The number of hydrogen-bond acceptors (Lipinski definition) is 6. The number of aromatic amines is 1. The van der Waals surface area contributed by atoms with E-state index in [4.69, 9.17) is 0 Å². The number of H-pyrrole nitrogens is 1. The zero-order chi connectivity index (χ0) is 19.6. The maximum Gasteiger partial charge on any atom is 0.267 e. The summed E-state index contributed by atoms with van der Waals surface area (Å²) in [5.74, 6) is 0.467. The molecule has 0 fully saturated rings. The molecule has 0 unspecified atom stereocenters. The van der Waals surface area contributed by atoms with Crippen LogP contribution in [0.15, 0.2) is 72.0 Å². The lowest BCUT2D eigenvalue weighted by atomic mass is 10.2. The van der Waals surface area contributed by atoms with Crippen molar-refractivity contribution < 1.29 is 0 Å². The Kier molecular flexibility index (Phi) is 4.21. The van der Waals surface area contributed by atoms with Gasteiger partial charge in [-0.1, -0.05) is 18.2 Å². The molecule has 4 aromatic heterocycles. The molecule has 8 heteroatoms. The minimum Gasteiger partial charge on any atom is -0.354 e. The second-order valence-electron chi connectivity index (χ2n) is 6.60. The first-order valence-electron chi connectivity index (χ1n) is 9.24. The number of fused-ring (bicyclic) bond motifs is 3. The van der Waals surface area contributed by atoms with E-state index in [-0.39, 0.29) is 5.56 Å². The fourth-order valence-electron chi connectivity index (χ4n) is 3.36. The molecule has 142 valence electrons. The molecule has 0 aliphatic heterocycles. The van der Waals surface area contributed by atoms with Crippen LogP contribution >= 0.6 is 0 Å². The van der Waals surface area contributed by atoms with Crippen LogP contribution in [0, 0.1) is 0 Å². The van der Waals surface area contributed by atoms with Crippen LogP contribution in [0.1, 0.15) is 5.56 Å². The van der Waals surface area contributed by atoms with Crippen molar-refractivity contribution in [2.45, 2.75) is 6.42 Å². The maximum atomic E-state index is 13.1. The Bertz CT molecular complexity index is 1340. The zero-order valence-electron chi connectivity index (χ0n) is 15.4. The quantitative estimate of drug-likeness (QED) is 0.484. The maximum absolute atomic E-state index is 13.1. The molecular formula is C21H17N7O. The third-order valence-electron chi connectivity index (χ3n) is 4.78. The average Bonchev–Trinajstić information content (AvgIpc) is 3.26. The molecule has 0 spiro atoms. The molecule has 0 radical (unpaired) electrons. The third-order valence-corrected chi connectivity index (χ3v) is 4.78. The van der Waals surface area contributed by atoms with Crippen molar-refractivity contribution in [3.8, 4) is 5.69 Å². The van der Waals surface area contributed by atoms with E-state index in [2.05, 4.69) is 30.5 Å². The molecule has 0 saturated heterocycles. The normalized spacial score (nSPS) is 11.2. The summed E-state index contributed by atoms with van der Waals surface area (Å²) in [6.07, 6.45) is 7.62. The molecule has 0 amide bonds. The van der Waals surface area contributed by atoms with Gasteiger partial charge in [-0.25, -0.2) is 4.98 Å². The predicted molar refractivity (Wildman–Crippen MR) is 111 cm³/mol. The molecule has 29 heavy (non-hydrogen) atoms. The van der Waals surface area contributed by atoms with E-state index in [9.17, 15) is 4.79 Å². The summed E-state index contributed by atoms with van der Waals surface area (Å²) < 4.78 is 1.60. The summed E-state index contributed by atoms with van der Waals surface area (Å²) in [7, 11) is 0. The molecule has 0 saturated carbocycles. The molecule has 5 aromatic rings. The third kappa shape index (κ3) is 3.10. The number of para-hydroxylation sites is 1. The van der Waals surface area contributed by atoms with Crippen LogP contribution in [0.2, 0.25) is 0 Å². The van der Waals surface area contributed by atoms with Gasteiger partial charge in [0.1, 0.15) is 0 Å². The van der Waals surface area contributed by atoms with Gasteiger partial charge in [-0.05, 0) is 36.2 Å². The van der Waals surface area contributed by atoms with Crippen molar-refractivity contribution in [3.05, 3.63) is 83.2 Å². The van der Waals surface area contributed by atoms with Crippen LogP contribution in [-0.4, -0.2) is 36.3 Å². The van der Waals surface area contributed by atoms with Crippen molar-refractivity contribution in [3.63, 3.8) is 0 Å². The fourth-order valence-corrected chi connectivity index (χ4v) is 3.36. The van der Waals surface area contributed by atoms with E-state index in [0.717, 1.165) is 17.5 Å². The van der Waals surface area contributed by atoms with Crippen molar-refractivity contribution >= 4 is 27.9 Å². The van der Waals surface area contributed by atoms with Gasteiger partial charge in [0.2, 0.25) is 5.95 Å². The smallest absolute Gasteiger partial charge is 0.267 e. The highest BCUT2D eigenvalue weighted by molar-refractivity contribution is 6.02. The minimum absolute atomic E-state index is 0.172. The number of anilines is 1. The van der Waals surface area contributed by atoms with E-state index >= 15 is 0 Å². The summed E-state index contributed by atoms with van der Waals surface area (Å²) in [5.41, 5.74) is 2.91. The van der Waals surface area contributed by atoms with Gasteiger partial charge in [0.25, 0.3) is 5.56 Å². The first-order chi connectivity index (χ1) is 14.3. The Hall–Kier alpha value is -4.07. The van der Waals surface area contributed by atoms with Gasteiger partial charge in [-0.3, -0.25) is 19.4 Å². The van der Waals surface area contributed by atoms with Gasteiger partial charge in [-0.15, -0.1) is 0 Å². The number of nitrogens with one attached hydrogen (secondary N) is 2. The van der Waals surface area contributed by atoms with Crippen molar-refractivity contribution in [2.24, 2.45) is 0 Å². The molecule has 0 aliphatic carbocycles. The Morgan fingerprint density at radius 3 is 2.66 bits per heavy atom. The Morgan fingerprint density at radius 2 is 1.83 bits per heavy atom. The topological polar surface area (TPSA) is 101 Å². The van der Waals surface area contributed by atoms with Gasteiger partial charge in [0, 0.05) is 25.1 Å². The Balaban J connectivity index is 1.59.